The van der Waals surface area contributed by atoms with E-state index in [0.717, 1.165) is 24.6 Å². The summed E-state index contributed by atoms with van der Waals surface area (Å²) in [7, 11) is 0. The quantitative estimate of drug-likeness (QED) is 0.128. The number of unbranched alkanes of at least 4 members (excludes halogenated alkanes) is 14. The van der Waals surface area contributed by atoms with Gasteiger partial charge in [-0.2, -0.15) is 25.3 Å². The van der Waals surface area contributed by atoms with Crippen molar-refractivity contribution in [3.63, 3.8) is 0 Å². The molecule has 0 saturated carbocycles. The summed E-state index contributed by atoms with van der Waals surface area (Å²) in [4.78, 5) is 0. The first-order chi connectivity index (χ1) is 16.8. The van der Waals surface area contributed by atoms with Gasteiger partial charge in [0.25, 0.3) is 0 Å². The SMILES string of the molecule is SCCCCCCCCCC[n+]1ccc(-c2cc[n+](CCCCCCCCCCS)cc2)cc1.[Cl-].[Cl-]. The van der Waals surface area contributed by atoms with Crippen LogP contribution in [0.25, 0.3) is 11.1 Å². The first-order valence-electron chi connectivity index (χ1n) is 14.0. The molecule has 0 amide bonds. The molecule has 0 aliphatic carbocycles. The second-order valence-electron chi connectivity index (χ2n) is 9.75. The maximum Gasteiger partial charge on any atom is 0.169 e. The lowest BCUT2D eigenvalue weighted by molar-refractivity contribution is -0.697. The monoisotopic (exact) mass is 572 g/mol. The zero-order chi connectivity index (χ0) is 24.1. The fourth-order valence-electron chi connectivity index (χ4n) is 4.53. The van der Waals surface area contributed by atoms with Gasteiger partial charge in [-0.15, -0.1) is 0 Å². The fourth-order valence-corrected chi connectivity index (χ4v) is 4.98. The van der Waals surface area contributed by atoms with Crippen LogP contribution >= 0.6 is 25.3 Å². The Morgan fingerprint density at radius 3 is 0.917 bits per heavy atom. The third kappa shape index (κ3) is 17.2. The maximum atomic E-state index is 4.28. The summed E-state index contributed by atoms with van der Waals surface area (Å²) >= 11 is 8.56. The summed E-state index contributed by atoms with van der Waals surface area (Å²) in [6, 6.07) is 9.05. The van der Waals surface area contributed by atoms with Crippen molar-refractivity contribution in [3.05, 3.63) is 49.1 Å². The molecule has 2 rings (SSSR count). The topological polar surface area (TPSA) is 7.76 Å². The van der Waals surface area contributed by atoms with Gasteiger partial charge in [0.2, 0.25) is 0 Å². The second-order valence-corrected chi connectivity index (χ2v) is 10.6. The first-order valence-corrected chi connectivity index (χ1v) is 15.3. The van der Waals surface area contributed by atoms with Gasteiger partial charge >= 0.3 is 0 Å². The van der Waals surface area contributed by atoms with Crippen LogP contribution in [-0.4, -0.2) is 11.5 Å². The molecular formula is C30H50Cl2N2S2. The van der Waals surface area contributed by atoms with Crippen molar-refractivity contribution in [2.75, 3.05) is 11.5 Å². The number of pyridine rings is 2. The molecule has 0 N–H and O–H groups in total. The molecule has 0 bridgehead atoms. The molecule has 0 fully saturated rings. The molecule has 2 nitrogen and oxygen atoms in total. The Kier molecular flexibility index (Phi) is 24.6. The summed E-state index contributed by atoms with van der Waals surface area (Å²) in [6.07, 6.45) is 30.6. The highest BCUT2D eigenvalue weighted by atomic mass is 35.5. The van der Waals surface area contributed by atoms with E-state index in [-0.39, 0.29) is 24.8 Å². The fraction of sp³-hybridized carbons (Fsp3) is 0.667. The lowest BCUT2D eigenvalue weighted by Gasteiger charge is -2.03. The third-order valence-corrected chi connectivity index (χ3v) is 7.40. The first kappa shape index (κ1) is 35.6. The average Bonchev–Trinajstić information content (AvgIpc) is 2.87. The minimum absolute atomic E-state index is 0. The van der Waals surface area contributed by atoms with Crippen LogP contribution < -0.4 is 33.9 Å². The van der Waals surface area contributed by atoms with E-state index in [0.29, 0.717) is 0 Å². The molecule has 0 aromatic carbocycles. The summed E-state index contributed by atoms with van der Waals surface area (Å²) in [6.45, 7) is 2.26. The molecule has 0 aliphatic heterocycles. The lowest BCUT2D eigenvalue weighted by Crippen LogP contribution is -3.00. The van der Waals surface area contributed by atoms with E-state index in [1.807, 2.05) is 0 Å². The van der Waals surface area contributed by atoms with Crippen LogP contribution in [0.4, 0.5) is 0 Å². The molecule has 0 unspecified atom stereocenters. The van der Waals surface area contributed by atoms with Crippen molar-refractivity contribution >= 4 is 25.3 Å². The van der Waals surface area contributed by atoms with E-state index in [1.165, 1.54) is 114 Å². The summed E-state index contributed by atoms with van der Waals surface area (Å²) < 4.78 is 4.67. The van der Waals surface area contributed by atoms with Gasteiger partial charge in [0, 0.05) is 37.1 Å². The van der Waals surface area contributed by atoms with Gasteiger partial charge in [-0.25, -0.2) is 9.13 Å². The number of thiol groups is 2. The highest BCUT2D eigenvalue weighted by Gasteiger charge is 2.06. The summed E-state index contributed by atoms with van der Waals surface area (Å²) in [5.74, 6) is 2.08. The lowest BCUT2D eigenvalue weighted by atomic mass is 10.1. The second kappa shape index (κ2) is 24.9. The van der Waals surface area contributed by atoms with Crippen LogP contribution in [0.5, 0.6) is 0 Å². The molecule has 0 saturated heterocycles. The molecule has 2 aromatic rings. The van der Waals surface area contributed by atoms with Gasteiger partial charge in [-0.3, -0.25) is 0 Å². The number of hydrogen-bond acceptors (Lipinski definition) is 2. The van der Waals surface area contributed by atoms with Gasteiger partial charge in [0.1, 0.15) is 13.1 Å². The normalized spacial score (nSPS) is 10.6. The standard InChI is InChI=1S/C30H48N2S2.2ClH/c33-27-15-11-7-3-1-5-9-13-21-31-23-17-29(18-24-31)30-19-25-32(26-20-30)22-14-10-6-2-4-8-12-16-28-34;;/h17-20,23-26H,1-16,21-22,27-28H2;2*1H. The minimum Gasteiger partial charge on any atom is -1.00 e. The van der Waals surface area contributed by atoms with E-state index in [4.69, 9.17) is 0 Å². The number of aryl methyl sites for hydroxylation is 2. The molecule has 2 heterocycles. The van der Waals surface area contributed by atoms with Crippen LogP contribution in [0.1, 0.15) is 103 Å². The van der Waals surface area contributed by atoms with Crippen LogP contribution in [0.15, 0.2) is 49.1 Å². The molecular weight excluding hydrogens is 523 g/mol. The van der Waals surface area contributed by atoms with Crippen LogP contribution in [0.2, 0.25) is 0 Å². The molecule has 6 heteroatoms. The van der Waals surface area contributed by atoms with Gasteiger partial charge in [0.05, 0.1) is 0 Å². The molecule has 0 aliphatic rings. The van der Waals surface area contributed by atoms with E-state index >= 15 is 0 Å². The average molecular weight is 574 g/mol. The molecule has 36 heavy (non-hydrogen) atoms. The molecule has 2 aromatic heterocycles. The van der Waals surface area contributed by atoms with Crippen LogP contribution in [0.3, 0.4) is 0 Å². The number of nitrogens with zero attached hydrogens (tertiary/aromatic N) is 2. The van der Waals surface area contributed by atoms with E-state index in [9.17, 15) is 0 Å². The highest BCUT2D eigenvalue weighted by molar-refractivity contribution is 7.80. The largest absolute Gasteiger partial charge is 1.00 e. The summed E-state index contributed by atoms with van der Waals surface area (Å²) in [5.41, 5.74) is 2.62. The highest BCUT2D eigenvalue weighted by Crippen LogP contribution is 2.16. The molecule has 206 valence electrons. The van der Waals surface area contributed by atoms with Crippen molar-refractivity contribution in [1.29, 1.82) is 0 Å². The Labute approximate surface area is 245 Å². The Morgan fingerprint density at radius 2 is 0.639 bits per heavy atom. The smallest absolute Gasteiger partial charge is 0.169 e. The number of hydrogen-bond donors (Lipinski definition) is 2. The van der Waals surface area contributed by atoms with Gasteiger partial charge < -0.3 is 24.8 Å². The van der Waals surface area contributed by atoms with Gasteiger partial charge in [-0.05, 0) is 48.3 Å². The maximum absolute atomic E-state index is 4.28. The molecule has 0 radical (unpaired) electrons. The molecule has 0 spiro atoms. The Bertz CT molecular complexity index is 663. The van der Waals surface area contributed by atoms with Gasteiger partial charge in [0.15, 0.2) is 24.8 Å². The van der Waals surface area contributed by atoms with E-state index in [2.05, 4.69) is 83.4 Å². The third-order valence-electron chi connectivity index (χ3n) is 6.76. The van der Waals surface area contributed by atoms with Crippen molar-refractivity contribution in [2.24, 2.45) is 0 Å². The number of rotatable bonds is 21. The van der Waals surface area contributed by atoms with Crippen molar-refractivity contribution in [2.45, 2.75) is 116 Å². The van der Waals surface area contributed by atoms with E-state index < -0.39 is 0 Å². The van der Waals surface area contributed by atoms with Crippen LogP contribution in [0, 0.1) is 0 Å². The van der Waals surface area contributed by atoms with Gasteiger partial charge in [-0.1, -0.05) is 64.2 Å². The summed E-state index contributed by atoms with van der Waals surface area (Å²) in [5, 5.41) is 0. The molecule has 0 atom stereocenters. The van der Waals surface area contributed by atoms with Crippen molar-refractivity contribution in [1.82, 2.24) is 0 Å². The number of halogens is 2. The predicted molar refractivity (Wildman–Crippen MR) is 154 cm³/mol. The zero-order valence-electron chi connectivity index (χ0n) is 22.3. The Hall–Kier alpha value is -0.420. The minimum atomic E-state index is 0. The zero-order valence-corrected chi connectivity index (χ0v) is 25.6. The van der Waals surface area contributed by atoms with Crippen molar-refractivity contribution < 1.29 is 33.9 Å². The van der Waals surface area contributed by atoms with Crippen molar-refractivity contribution in [3.8, 4) is 11.1 Å². The van der Waals surface area contributed by atoms with Crippen LogP contribution in [-0.2, 0) is 13.1 Å². The van der Waals surface area contributed by atoms with E-state index in [1.54, 1.807) is 0 Å². The Balaban J connectivity index is 0.00000612. The predicted octanol–water partition coefficient (Wildman–Crippen LogP) is 2.04. The Morgan fingerprint density at radius 1 is 0.389 bits per heavy atom. The number of aromatic nitrogens is 2.